The zero-order valence-electron chi connectivity index (χ0n) is 10.1. The van der Waals surface area contributed by atoms with E-state index in [4.69, 9.17) is 4.52 Å². The van der Waals surface area contributed by atoms with Gasteiger partial charge in [0.25, 0.3) is 11.4 Å². The highest BCUT2D eigenvalue weighted by molar-refractivity contribution is 5.58. The Balaban J connectivity index is 2.02. The maximum Gasteiger partial charge on any atom is 0.265 e. The zero-order chi connectivity index (χ0) is 13.2. The van der Waals surface area contributed by atoms with Crippen LogP contribution in [-0.2, 0) is 0 Å². The van der Waals surface area contributed by atoms with Gasteiger partial charge in [-0.1, -0.05) is 35.0 Å². The molecule has 19 heavy (non-hydrogen) atoms. The Morgan fingerprint density at radius 1 is 1.21 bits per heavy atom. The molecule has 0 saturated carbocycles. The first-order valence-corrected chi connectivity index (χ1v) is 5.68. The Morgan fingerprint density at radius 3 is 2.74 bits per heavy atom. The molecule has 1 aromatic carbocycles. The Labute approximate surface area is 108 Å². The first kappa shape index (κ1) is 11.3. The van der Waals surface area contributed by atoms with E-state index >= 15 is 0 Å². The molecule has 1 N–H and O–H groups in total. The highest BCUT2D eigenvalue weighted by Gasteiger charge is 2.13. The van der Waals surface area contributed by atoms with E-state index < -0.39 is 0 Å². The highest BCUT2D eigenvalue weighted by atomic mass is 16.5. The van der Waals surface area contributed by atoms with Crippen molar-refractivity contribution in [3.05, 3.63) is 52.7 Å². The third-order valence-corrected chi connectivity index (χ3v) is 2.68. The van der Waals surface area contributed by atoms with E-state index in [1.54, 1.807) is 0 Å². The molecular weight excluding hydrogens is 244 g/mol. The van der Waals surface area contributed by atoms with Crippen molar-refractivity contribution >= 4 is 0 Å². The lowest BCUT2D eigenvalue weighted by molar-refractivity contribution is 0.431. The van der Waals surface area contributed by atoms with Gasteiger partial charge in [0, 0.05) is 11.8 Å². The topological polar surface area (TPSA) is 84.7 Å². The third kappa shape index (κ3) is 2.15. The normalized spacial score (nSPS) is 10.6. The summed E-state index contributed by atoms with van der Waals surface area (Å²) in [5, 5.41) is 3.87. The number of nitrogens with zero attached hydrogens (tertiary/aromatic N) is 3. The quantitative estimate of drug-likeness (QED) is 0.753. The SMILES string of the molecule is Cc1ccc(-c2noc(-c3cnc[nH]c3=O)n2)cc1. The van der Waals surface area contributed by atoms with Gasteiger partial charge in [0.15, 0.2) is 0 Å². The monoisotopic (exact) mass is 254 g/mol. The van der Waals surface area contributed by atoms with Crippen molar-refractivity contribution in [2.24, 2.45) is 0 Å². The number of H-pyrrole nitrogens is 1. The molecule has 0 unspecified atom stereocenters. The van der Waals surface area contributed by atoms with Crippen LogP contribution in [0.25, 0.3) is 22.8 Å². The number of nitrogens with one attached hydrogen (secondary N) is 1. The largest absolute Gasteiger partial charge is 0.333 e. The third-order valence-electron chi connectivity index (χ3n) is 2.68. The molecule has 0 amide bonds. The average molecular weight is 254 g/mol. The van der Waals surface area contributed by atoms with Crippen molar-refractivity contribution in [1.29, 1.82) is 0 Å². The van der Waals surface area contributed by atoms with E-state index in [-0.39, 0.29) is 17.0 Å². The molecule has 0 bridgehead atoms. The number of hydrogen-bond acceptors (Lipinski definition) is 5. The van der Waals surface area contributed by atoms with Gasteiger partial charge in [0.1, 0.15) is 5.56 Å². The maximum absolute atomic E-state index is 11.6. The maximum atomic E-state index is 11.6. The number of hydrogen-bond donors (Lipinski definition) is 1. The van der Waals surface area contributed by atoms with Crippen LogP contribution in [0, 0.1) is 6.92 Å². The number of aryl methyl sites for hydroxylation is 1. The van der Waals surface area contributed by atoms with Crippen LogP contribution in [0.4, 0.5) is 0 Å². The summed E-state index contributed by atoms with van der Waals surface area (Å²) in [5.41, 5.74) is 1.93. The summed E-state index contributed by atoms with van der Waals surface area (Å²) in [7, 11) is 0. The predicted molar refractivity (Wildman–Crippen MR) is 68.3 cm³/mol. The van der Waals surface area contributed by atoms with E-state index in [2.05, 4.69) is 20.1 Å². The van der Waals surface area contributed by atoms with Crippen molar-refractivity contribution in [3.8, 4) is 22.8 Å². The molecule has 0 atom stereocenters. The molecule has 6 heteroatoms. The minimum absolute atomic E-state index is 0.157. The fraction of sp³-hybridized carbons (Fsp3) is 0.0769. The number of rotatable bonds is 2. The summed E-state index contributed by atoms with van der Waals surface area (Å²) in [5.74, 6) is 0.600. The van der Waals surface area contributed by atoms with Gasteiger partial charge >= 0.3 is 0 Å². The molecule has 0 fully saturated rings. The molecule has 0 radical (unpaired) electrons. The van der Waals surface area contributed by atoms with Gasteiger partial charge in [0.2, 0.25) is 5.82 Å². The second kappa shape index (κ2) is 4.49. The summed E-state index contributed by atoms with van der Waals surface area (Å²) < 4.78 is 5.10. The standard InChI is InChI=1S/C13H10N4O2/c1-8-2-4-9(5-3-8)11-16-13(19-17-11)10-6-14-7-15-12(10)18/h2-7H,1H3,(H,14,15,18). The van der Waals surface area contributed by atoms with Gasteiger partial charge in [-0.25, -0.2) is 4.98 Å². The van der Waals surface area contributed by atoms with E-state index in [1.807, 2.05) is 31.2 Å². The molecule has 6 nitrogen and oxygen atoms in total. The van der Waals surface area contributed by atoms with Crippen molar-refractivity contribution in [3.63, 3.8) is 0 Å². The second-order valence-corrected chi connectivity index (χ2v) is 4.08. The average Bonchev–Trinajstić information content (AvgIpc) is 2.89. The smallest absolute Gasteiger partial charge is 0.265 e. The molecule has 3 aromatic rings. The van der Waals surface area contributed by atoms with Gasteiger partial charge in [-0.2, -0.15) is 4.98 Å². The van der Waals surface area contributed by atoms with Gasteiger partial charge in [-0.05, 0) is 6.92 Å². The van der Waals surface area contributed by atoms with Gasteiger partial charge in [0.05, 0.1) is 6.33 Å². The summed E-state index contributed by atoms with van der Waals surface area (Å²) in [4.78, 5) is 22.1. The lowest BCUT2D eigenvalue weighted by atomic mass is 10.1. The Hall–Kier alpha value is -2.76. The first-order valence-electron chi connectivity index (χ1n) is 5.68. The van der Waals surface area contributed by atoms with Crippen LogP contribution in [0.3, 0.4) is 0 Å². The second-order valence-electron chi connectivity index (χ2n) is 4.08. The highest BCUT2D eigenvalue weighted by Crippen LogP contribution is 2.19. The molecule has 2 heterocycles. The summed E-state index contributed by atoms with van der Waals surface area (Å²) in [6.07, 6.45) is 2.70. The molecular formula is C13H10N4O2. The Morgan fingerprint density at radius 2 is 2.00 bits per heavy atom. The lowest BCUT2D eigenvalue weighted by Crippen LogP contribution is -2.08. The van der Waals surface area contributed by atoms with Crippen molar-refractivity contribution in [2.75, 3.05) is 0 Å². The predicted octanol–water partition coefficient (Wildman–Crippen LogP) is 1.80. The first-order chi connectivity index (χ1) is 9.24. The molecule has 0 spiro atoms. The zero-order valence-corrected chi connectivity index (χ0v) is 10.1. The van der Waals surface area contributed by atoms with Gasteiger partial charge in [-0.3, -0.25) is 4.79 Å². The molecule has 2 aromatic heterocycles. The van der Waals surface area contributed by atoms with Gasteiger partial charge < -0.3 is 9.51 Å². The van der Waals surface area contributed by atoms with Crippen LogP contribution in [0.5, 0.6) is 0 Å². The summed E-state index contributed by atoms with van der Waals surface area (Å²) in [6, 6.07) is 7.72. The molecule has 0 aliphatic carbocycles. The van der Waals surface area contributed by atoms with Crippen molar-refractivity contribution in [1.82, 2.24) is 20.1 Å². The van der Waals surface area contributed by atoms with E-state index in [9.17, 15) is 4.79 Å². The number of benzene rings is 1. The van der Waals surface area contributed by atoms with E-state index in [0.717, 1.165) is 11.1 Å². The number of aromatic nitrogens is 4. The number of aromatic amines is 1. The lowest BCUT2D eigenvalue weighted by Gasteiger charge is -1.94. The van der Waals surface area contributed by atoms with Crippen molar-refractivity contribution < 1.29 is 4.52 Å². The Bertz CT molecular complexity index is 759. The minimum atomic E-state index is -0.311. The van der Waals surface area contributed by atoms with Crippen LogP contribution in [0.1, 0.15) is 5.56 Å². The van der Waals surface area contributed by atoms with E-state index in [1.165, 1.54) is 12.5 Å². The van der Waals surface area contributed by atoms with Crippen LogP contribution in [-0.4, -0.2) is 20.1 Å². The van der Waals surface area contributed by atoms with Crippen LogP contribution >= 0.6 is 0 Å². The van der Waals surface area contributed by atoms with E-state index in [0.29, 0.717) is 5.82 Å². The fourth-order valence-electron chi connectivity index (χ4n) is 1.65. The van der Waals surface area contributed by atoms with Crippen LogP contribution < -0.4 is 5.56 Å². The van der Waals surface area contributed by atoms with Crippen LogP contribution in [0.2, 0.25) is 0 Å². The fourth-order valence-corrected chi connectivity index (χ4v) is 1.65. The molecule has 0 saturated heterocycles. The van der Waals surface area contributed by atoms with Crippen LogP contribution in [0.15, 0.2) is 46.1 Å². The minimum Gasteiger partial charge on any atom is -0.333 e. The summed E-state index contributed by atoms with van der Waals surface area (Å²) >= 11 is 0. The summed E-state index contributed by atoms with van der Waals surface area (Å²) in [6.45, 7) is 2.00. The molecule has 94 valence electrons. The van der Waals surface area contributed by atoms with Gasteiger partial charge in [-0.15, -0.1) is 0 Å². The van der Waals surface area contributed by atoms with Crippen molar-refractivity contribution in [2.45, 2.75) is 6.92 Å². The Kier molecular flexibility index (Phi) is 2.68. The molecule has 3 rings (SSSR count). The molecule has 0 aliphatic heterocycles. The molecule has 0 aliphatic rings.